The number of hydrogen-bond donors (Lipinski definition) is 0. The molecule has 0 N–H and O–H groups in total. The van der Waals surface area contributed by atoms with Gasteiger partial charge in [-0.15, -0.1) is 0 Å². The van der Waals surface area contributed by atoms with Gasteiger partial charge in [0, 0.05) is 0 Å². The average Bonchev–Trinajstić information content (AvgIpc) is 2.51. The van der Waals surface area contributed by atoms with Crippen LogP contribution < -0.4 is 0 Å². The van der Waals surface area contributed by atoms with E-state index in [1.165, 1.54) is 12.5 Å². The smallest absolute Gasteiger partial charge is 0.240 e. The van der Waals surface area contributed by atoms with Gasteiger partial charge in [0.05, 0.1) is 5.69 Å². The molecule has 0 saturated heterocycles. The second kappa shape index (κ2) is 2.60. The first-order chi connectivity index (χ1) is 5.90. The maximum absolute atomic E-state index is 9.91. The molecule has 12 heavy (non-hydrogen) atoms. The molecule has 0 aliphatic carbocycles. The molecule has 0 saturated carbocycles. The first-order valence-electron chi connectivity index (χ1n) is 3.31. The summed E-state index contributed by atoms with van der Waals surface area (Å²) in [6, 6.07) is 5.03. The summed E-state index contributed by atoms with van der Waals surface area (Å²) in [4.78, 5) is 17.3. The van der Waals surface area contributed by atoms with E-state index >= 15 is 0 Å². The highest BCUT2D eigenvalue weighted by atomic mass is 16.3. The highest BCUT2D eigenvalue weighted by molar-refractivity contribution is 5.76. The first-order valence-corrected chi connectivity index (χ1v) is 3.31. The summed E-state index contributed by atoms with van der Waals surface area (Å²) in [6.07, 6.45) is 2.80. The van der Waals surface area contributed by atoms with Crippen molar-refractivity contribution >= 4 is 22.9 Å². The Morgan fingerprint density at radius 3 is 3.25 bits per heavy atom. The highest BCUT2D eigenvalue weighted by Crippen LogP contribution is 2.18. The zero-order valence-electron chi connectivity index (χ0n) is 6.02. The number of benzene rings is 1. The molecule has 1 heterocycles. The maximum Gasteiger partial charge on any atom is 0.240 e. The normalized spacial score (nSPS) is 9.67. The molecule has 0 atom stereocenters. The van der Waals surface area contributed by atoms with Crippen molar-refractivity contribution in [1.82, 2.24) is 4.98 Å². The summed E-state index contributed by atoms with van der Waals surface area (Å²) in [5, 5.41) is 0. The molecule has 0 aliphatic rings. The van der Waals surface area contributed by atoms with Gasteiger partial charge in [-0.1, -0.05) is 0 Å². The number of rotatable bonds is 1. The summed E-state index contributed by atoms with van der Waals surface area (Å²) < 4.78 is 5.00. The summed E-state index contributed by atoms with van der Waals surface area (Å²) in [6.45, 7) is 0. The van der Waals surface area contributed by atoms with E-state index in [1.807, 2.05) is 0 Å². The molecule has 1 aromatic carbocycles. The third-order valence-corrected chi connectivity index (χ3v) is 1.49. The third kappa shape index (κ3) is 1.00. The second-order valence-corrected chi connectivity index (χ2v) is 2.21. The van der Waals surface area contributed by atoms with Crippen molar-refractivity contribution in [2.75, 3.05) is 0 Å². The first kappa shape index (κ1) is 6.76. The molecule has 0 radical (unpaired) electrons. The summed E-state index contributed by atoms with van der Waals surface area (Å²) in [5.74, 6) is 0. The Kier molecular flexibility index (Phi) is 1.47. The Morgan fingerprint density at radius 1 is 1.50 bits per heavy atom. The van der Waals surface area contributed by atoms with Crippen molar-refractivity contribution in [3.63, 3.8) is 0 Å². The van der Waals surface area contributed by atoms with Crippen LogP contribution in [0.25, 0.3) is 11.1 Å². The molecule has 0 aliphatic heterocycles. The van der Waals surface area contributed by atoms with E-state index in [1.54, 1.807) is 18.2 Å². The minimum absolute atomic E-state index is 0.534. The summed E-state index contributed by atoms with van der Waals surface area (Å²) in [7, 11) is 0. The van der Waals surface area contributed by atoms with Crippen LogP contribution in [0.1, 0.15) is 0 Å². The Bertz CT molecular complexity index is 455. The van der Waals surface area contributed by atoms with Gasteiger partial charge in [0.25, 0.3) is 0 Å². The van der Waals surface area contributed by atoms with Crippen molar-refractivity contribution in [2.45, 2.75) is 0 Å². The largest absolute Gasteiger partial charge is 0.443 e. The Morgan fingerprint density at radius 2 is 2.42 bits per heavy atom. The van der Waals surface area contributed by atoms with Crippen LogP contribution in [0.3, 0.4) is 0 Å². The van der Waals surface area contributed by atoms with Crippen LogP contribution in [0.15, 0.2) is 34.0 Å². The number of hydrogen-bond acceptors (Lipinski definition) is 4. The van der Waals surface area contributed by atoms with E-state index in [0.29, 0.717) is 16.8 Å². The van der Waals surface area contributed by atoms with Gasteiger partial charge in [0.2, 0.25) is 6.08 Å². The molecule has 0 bridgehead atoms. The number of isocyanates is 1. The van der Waals surface area contributed by atoms with Crippen LogP contribution in [-0.2, 0) is 4.79 Å². The lowest BCUT2D eigenvalue weighted by Crippen LogP contribution is -1.67. The molecule has 0 fully saturated rings. The van der Waals surface area contributed by atoms with Gasteiger partial charge in [-0.2, -0.15) is 4.99 Å². The van der Waals surface area contributed by atoms with E-state index in [0.717, 1.165) is 0 Å². The van der Waals surface area contributed by atoms with E-state index in [2.05, 4.69) is 9.98 Å². The molecule has 2 aromatic rings. The van der Waals surface area contributed by atoms with E-state index < -0.39 is 0 Å². The molecule has 4 nitrogen and oxygen atoms in total. The lowest BCUT2D eigenvalue weighted by Gasteiger charge is -1.87. The fraction of sp³-hybridized carbons (Fsp3) is 0. The van der Waals surface area contributed by atoms with Gasteiger partial charge in [-0.05, 0) is 18.2 Å². The SMILES string of the molecule is O=C=Nc1ccc2ocnc2c1. The molecule has 0 unspecified atom stereocenters. The Balaban J connectivity index is 2.67. The number of fused-ring (bicyclic) bond motifs is 1. The zero-order valence-corrected chi connectivity index (χ0v) is 6.02. The zero-order chi connectivity index (χ0) is 8.39. The highest BCUT2D eigenvalue weighted by Gasteiger charge is 1.97. The standard InChI is InChI=1S/C8H4N2O2/c11-4-9-6-1-2-8-7(3-6)10-5-12-8/h1-3,5H. The van der Waals surface area contributed by atoms with Gasteiger partial charge >= 0.3 is 0 Å². The molecule has 0 amide bonds. The number of nitrogens with zero attached hydrogens (tertiary/aromatic N) is 2. The molecular weight excluding hydrogens is 156 g/mol. The average molecular weight is 160 g/mol. The van der Waals surface area contributed by atoms with Crippen LogP contribution in [0, 0.1) is 0 Å². The molecule has 58 valence electrons. The predicted molar refractivity (Wildman–Crippen MR) is 41.8 cm³/mol. The fourth-order valence-corrected chi connectivity index (χ4v) is 0.968. The number of aromatic nitrogens is 1. The molecule has 0 spiro atoms. The van der Waals surface area contributed by atoms with Crippen LogP contribution in [-0.4, -0.2) is 11.1 Å². The third-order valence-electron chi connectivity index (χ3n) is 1.49. The van der Waals surface area contributed by atoms with Gasteiger partial charge in [0.1, 0.15) is 5.52 Å². The fourth-order valence-electron chi connectivity index (χ4n) is 0.968. The van der Waals surface area contributed by atoms with Crippen LogP contribution in [0.5, 0.6) is 0 Å². The number of aliphatic imine (C=N–C) groups is 1. The molecule has 4 heteroatoms. The molecule has 1 aromatic heterocycles. The minimum Gasteiger partial charge on any atom is -0.443 e. The van der Waals surface area contributed by atoms with Crippen molar-refractivity contribution in [3.8, 4) is 0 Å². The van der Waals surface area contributed by atoms with E-state index in [-0.39, 0.29) is 0 Å². The Labute approximate surface area is 67.5 Å². The second-order valence-electron chi connectivity index (χ2n) is 2.21. The van der Waals surface area contributed by atoms with Crippen LogP contribution in [0.4, 0.5) is 5.69 Å². The summed E-state index contributed by atoms with van der Waals surface area (Å²) >= 11 is 0. The minimum atomic E-state index is 0.534. The quantitative estimate of drug-likeness (QED) is 0.472. The van der Waals surface area contributed by atoms with Gasteiger partial charge < -0.3 is 4.42 Å². The lowest BCUT2D eigenvalue weighted by atomic mass is 10.3. The van der Waals surface area contributed by atoms with Gasteiger partial charge in [-0.25, -0.2) is 9.78 Å². The summed E-state index contributed by atoms with van der Waals surface area (Å²) in [5.41, 5.74) is 1.90. The van der Waals surface area contributed by atoms with Crippen molar-refractivity contribution in [1.29, 1.82) is 0 Å². The number of oxazole rings is 1. The van der Waals surface area contributed by atoms with Gasteiger partial charge in [0.15, 0.2) is 12.0 Å². The maximum atomic E-state index is 9.91. The van der Waals surface area contributed by atoms with Crippen LogP contribution >= 0.6 is 0 Å². The Hall–Kier alpha value is -1.93. The van der Waals surface area contributed by atoms with E-state index in [4.69, 9.17) is 4.42 Å². The molecule has 2 rings (SSSR count). The van der Waals surface area contributed by atoms with Crippen LogP contribution in [0.2, 0.25) is 0 Å². The molecular formula is C8H4N2O2. The van der Waals surface area contributed by atoms with Crippen molar-refractivity contribution in [2.24, 2.45) is 4.99 Å². The van der Waals surface area contributed by atoms with Crippen molar-refractivity contribution < 1.29 is 9.21 Å². The predicted octanol–water partition coefficient (Wildman–Crippen LogP) is 1.80. The van der Waals surface area contributed by atoms with E-state index in [9.17, 15) is 4.79 Å². The lowest BCUT2D eigenvalue weighted by molar-refractivity contribution is 0.565. The van der Waals surface area contributed by atoms with Crippen molar-refractivity contribution in [3.05, 3.63) is 24.6 Å². The number of carbonyl (C=O) groups excluding carboxylic acids is 1. The monoisotopic (exact) mass is 160 g/mol. The van der Waals surface area contributed by atoms with Gasteiger partial charge in [-0.3, -0.25) is 0 Å². The topological polar surface area (TPSA) is 55.5 Å².